The van der Waals surface area contributed by atoms with Gasteiger partial charge in [0.2, 0.25) is 0 Å². The van der Waals surface area contributed by atoms with Crippen LogP contribution in [0.1, 0.15) is 0 Å². The molecule has 0 saturated heterocycles. The largest absolute Gasteiger partial charge is 0.454 e. The van der Waals surface area contributed by atoms with Crippen LogP contribution in [-0.2, 0) is 0 Å². The number of hydrogen-bond acceptors (Lipinski definition) is 2. The van der Waals surface area contributed by atoms with E-state index in [9.17, 15) is 0 Å². The van der Waals surface area contributed by atoms with Gasteiger partial charge in [-0.2, -0.15) is 0 Å². The minimum atomic E-state index is 0.899. The third-order valence-corrected chi connectivity index (χ3v) is 10.3. The molecule has 0 aliphatic rings. The standard InChI is InChI=1S/C42H25NOS/c1-2-11-29(12-3-1)43-36-17-9-8-16-33(36)42-41(43)35-24-27(19-22-37(35)44-42)30-13-6-7-14-31(30)28-18-21-34-39(25-28)45-38-23-20-26-10-4-5-15-32(26)40(34)38/h1-25H. The molecule has 0 atom stereocenters. The summed E-state index contributed by atoms with van der Waals surface area (Å²) >= 11 is 1.88. The molecule has 0 spiro atoms. The van der Waals surface area contributed by atoms with Crippen molar-refractivity contribution in [1.29, 1.82) is 0 Å². The zero-order valence-electron chi connectivity index (χ0n) is 24.2. The maximum Gasteiger partial charge on any atom is 0.161 e. The van der Waals surface area contributed by atoms with Crippen molar-refractivity contribution in [3.05, 3.63) is 152 Å². The van der Waals surface area contributed by atoms with E-state index in [1.165, 1.54) is 53.2 Å². The fourth-order valence-electron chi connectivity index (χ4n) is 7.18. The topological polar surface area (TPSA) is 18.1 Å². The summed E-state index contributed by atoms with van der Waals surface area (Å²) in [4.78, 5) is 0. The van der Waals surface area contributed by atoms with Crippen LogP contribution in [0.4, 0.5) is 0 Å². The Kier molecular flexibility index (Phi) is 5.19. The summed E-state index contributed by atoms with van der Waals surface area (Å²) in [6.45, 7) is 0. The number of furan rings is 1. The Labute approximate surface area is 263 Å². The van der Waals surface area contributed by atoms with Gasteiger partial charge in [0.25, 0.3) is 0 Å². The van der Waals surface area contributed by atoms with E-state index in [-0.39, 0.29) is 0 Å². The van der Waals surface area contributed by atoms with Gasteiger partial charge < -0.3 is 8.98 Å². The molecular weight excluding hydrogens is 567 g/mol. The van der Waals surface area contributed by atoms with Gasteiger partial charge in [-0.3, -0.25) is 0 Å². The summed E-state index contributed by atoms with van der Waals surface area (Å²) in [6, 6.07) is 54.7. The van der Waals surface area contributed by atoms with Crippen molar-refractivity contribution in [2.75, 3.05) is 0 Å². The lowest BCUT2D eigenvalue weighted by atomic mass is 9.93. The van der Waals surface area contributed by atoms with E-state index in [0.717, 1.165) is 38.7 Å². The highest BCUT2D eigenvalue weighted by molar-refractivity contribution is 7.26. The fraction of sp³-hybridized carbons (Fsp3) is 0. The van der Waals surface area contributed by atoms with Gasteiger partial charge in [-0.05, 0) is 81.6 Å². The van der Waals surface area contributed by atoms with Crippen molar-refractivity contribution in [3.8, 4) is 27.9 Å². The van der Waals surface area contributed by atoms with Gasteiger partial charge in [-0.15, -0.1) is 11.3 Å². The Morgan fingerprint density at radius 3 is 2.07 bits per heavy atom. The van der Waals surface area contributed by atoms with Crippen LogP contribution in [0.3, 0.4) is 0 Å². The van der Waals surface area contributed by atoms with E-state index in [1.54, 1.807) is 0 Å². The SMILES string of the molecule is c1ccc(-n2c3ccccc3c3oc4ccc(-c5ccccc5-c5ccc6c(c5)sc5ccc7ccccc7c56)cc4c32)cc1. The van der Waals surface area contributed by atoms with Crippen LogP contribution in [0.25, 0.3) is 91.9 Å². The molecule has 0 saturated carbocycles. The molecule has 10 aromatic rings. The van der Waals surface area contributed by atoms with Gasteiger partial charge in [-0.25, -0.2) is 0 Å². The predicted octanol–water partition coefficient (Wildman–Crippen LogP) is 12.4. The number of nitrogens with zero attached hydrogens (tertiary/aromatic N) is 1. The van der Waals surface area contributed by atoms with Crippen molar-refractivity contribution < 1.29 is 4.42 Å². The van der Waals surface area contributed by atoms with Crippen molar-refractivity contribution in [3.63, 3.8) is 0 Å². The Bertz CT molecular complexity index is 2760. The van der Waals surface area contributed by atoms with Crippen molar-refractivity contribution >= 4 is 75.3 Å². The number of thiophene rings is 1. The monoisotopic (exact) mass is 591 g/mol. The molecule has 3 aromatic heterocycles. The van der Waals surface area contributed by atoms with E-state index >= 15 is 0 Å². The lowest BCUT2D eigenvalue weighted by molar-refractivity contribution is 0.673. The van der Waals surface area contributed by atoms with Crippen LogP contribution in [0.2, 0.25) is 0 Å². The molecule has 10 rings (SSSR count). The van der Waals surface area contributed by atoms with Crippen molar-refractivity contribution in [2.45, 2.75) is 0 Å². The molecular formula is C42H25NOS. The van der Waals surface area contributed by atoms with Crippen LogP contribution in [0.5, 0.6) is 0 Å². The van der Waals surface area contributed by atoms with E-state index in [1.807, 2.05) is 11.3 Å². The zero-order chi connectivity index (χ0) is 29.5. The summed E-state index contributed by atoms with van der Waals surface area (Å²) in [5.41, 5.74) is 10.0. The number of rotatable bonds is 3. The highest BCUT2D eigenvalue weighted by Crippen LogP contribution is 2.43. The van der Waals surface area contributed by atoms with E-state index < -0.39 is 0 Å². The highest BCUT2D eigenvalue weighted by Gasteiger charge is 2.20. The number of para-hydroxylation sites is 2. The fourth-order valence-corrected chi connectivity index (χ4v) is 8.34. The molecule has 7 aromatic carbocycles. The Balaban J connectivity index is 1.18. The molecule has 0 radical (unpaired) electrons. The first-order chi connectivity index (χ1) is 22.3. The molecule has 0 fully saturated rings. The molecule has 2 nitrogen and oxygen atoms in total. The van der Waals surface area contributed by atoms with Crippen LogP contribution in [0, 0.1) is 0 Å². The summed E-state index contributed by atoms with van der Waals surface area (Å²) in [6.07, 6.45) is 0. The molecule has 3 heterocycles. The van der Waals surface area contributed by atoms with Crippen LogP contribution in [0.15, 0.2) is 156 Å². The van der Waals surface area contributed by atoms with Gasteiger partial charge in [0.15, 0.2) is 5.58 Å². The molecule has 0 aliphatic heterocycles. The van der Waals surface area contributed by atoms with Crippen molar-refractivity contribution in [2.24, 2.45) is 0 Å². The van der Waals surface area contributed by atoms with Crippen LogP contribution < -0.4 is 0 Å². The summed E-state index contributed by atoms with van der Waals surface area (Å²) in [5, 5.41) is 7.53. The third kappa shape index (κ3) is 3.62. The minimum Gasteiger partial charge on any atom is -0.454 e. The molecule has 0 unspecified atom stereocenters. The van der Waals surface area contributed by atoms with Crippen molar-refractivity contribution in [1.82, 2.24) is 4.57 Å². The third-order valence-electron chi connectivity index (χ3n) is 9.20. The molecule has 210 valence electrons. The average molecular weight is 592 g/mol. The van der Waals surface area contributed by atoms with E-state index in [4.69, 9.17) is 4.42 Å². The molecule has 0 bridgehead atoms. The number of hydrogen-bond donors (Lipinski definition) is 0. The molecule has 3 heteroatoms. The molecule has 0 N–H and O–H groups in total. The molecule has 0 amide bonds. The lowest BCUT2D eigenvalue weighted by Gasteiger charge is -2.11. The highest BCUT2D eigenvalue weighted by atomic mass is 32.1. The number of aromatic nitrogens is 1. The van der Waals surface area contributed by atoms with Gasteiger partial charge in [0, 0.05) is 36.6 Å². The lowest BCUT2D eigenvalue weighted by Crippen LogP contribution is -1.93. The number of benzene rings is 7. The first-order valence-electron chi connectivity index (χ1n) is 15.3. The van der Waals surface area contributed by atoms with Gasteiger partial charge >= 0.3 is 0 Å². The first-order valence-corrected chi connectivity index (χ1v) is 16.1. The molecule has 0 aliphatic carbocycles. The minimum absolute atomic E-state index is 0.899. The van der Waals surface area contributed by atoms with Gasteiger partial charge in [0.05, 0.1) is 5.52 Å². The summed E-state index contributed by atoms with van der Waals surface area (Å²) in [7, 11) is 0. The average Bonchev–Trinajstić information content (AvgIpc) is 3.77. The normalized spacial score (nSPS) is 12.0. The Morgan fingerprint density at radius 2 is 1.20 bits per heavy atom. The summed E-state index contributed by atoms with van der Waals surface area (Å²) in [5.74, 6) is 0. The molecule has 45 heavy (non-hydrogen) atoms. The second-order valence-corrected chi connectivity index (χ2v) is 12.8. The Morgan fingerprint density at radius 1 is 0.489 bits per heavy atom. The second-order valence-electron chi connectivity index (χ2n) is 11.7. The van der Waals surface area contributed by atoms with Gasteiger partial charge in [0.1, 0.15) is 11.1 Å². The summed E-state index contributed by atoms with van der Waals surface area (Å²) < 4.78 is 11.5. The Hall–Kier alpha value is -5.64. The predicted molar refractivity (Wildman–Crippen MR) is 192 cm³/mol. The number of fused-ring (bicyclic) bond motifs is 10. The first kappa shape index (κ1) is 24.8. The maximum absolute atomic E-state index is 6.56. The second kappa shape index (κ2) is 9.43. The van der Waals surface area contributed by atoms with E-state index in [0.29, 0.717) is 0 Å². The van der Waals surface area contributed by atoms with Crippen LogP contribution >= 0.6 is 11.3 Å². The smallest absolute Gasteiger partial charge is 0.161 e. The quantitative estimate of drug-likeness (QED) is 0.200. The van der Waals surface area contributed by atoms with E-state index in [2.05, 4.69) is 156 Å². The van der Waals surface area contributed by atoms with Gasteiger partial charge in [-0.1, -0.05) is 103 Å². The maximum atomic E-state index is 6.56. The van der Waals surface area contributed by atoms with Crippen LogP contribution in [-0.4, -0.2) is 4.57 Å². The zero-order valence-corrected chi connectivity index (χ0v) is 25.0.